The molecule has 2 aromatic rings. The van der Waals surface area contributed by atoms with Gasteiger partial charge in [-0.15, -0.1) is 11.3 Å². The summed E-state index contributed by atoms with van der Waals surface area (Å²) in [5.74, 6) is -1.33. The molecule has 0 aliphatic carbocycles. The molecular weight excluding hydrogens is 447 g/mol. The number of thiazole rings is 1. The highest BCUT2D eigenvalue weighted by Crippen LogP contribution is 2.35. The average Bonchev–Trinajstić information content (AvgIpc) is 3.46. The number of nitrogens with one attached hydrogen (secondary N) is 1. The summed E-state index contributed by atoms with van der Waals surface area (Å²) in [5, 5.41) is 15.3. The molecule has 0 saturated carbocycles. The Hall–Kier alpha value is -3.11. The highest BCUT2D eigenvalue weighted by atomic mass is 32.1. The molecule has 3 heterocycles. The summed E-state index contributed by atoms with van der Waals surface area (Å²) in [4.78, 5) is 35.9. The van der Waals surface area contributed by atoms with Gasteiger partial charge in [0.25, 0.3) is 0 Å². The number of amidine groups is 1. The molecule has 0 bridgehead atoms. The summed E-state index contributed by atoms with van der Waals surface area (Å²) in [5.41, 5.74) is 2.14. The fraction of sp³-hybridized carbons (Fsp3) is 0.391. The number of carboxylic acid groups (broad SMARTS) is 1. The highest BCUT2D eigenvalue weighted by molar-refractivity contribution is 7.11. The minimum absolute atomic E-state index is 0.176. The number of aliphatic imine (C=N–C) groups is 1. The van der Waals surface area contributed by atoms with Gasteiger partial charge in [0.1, 0.15) is 17.9 Å². The molecule has 0 spiro atoms. The molecule has 2 atom stereocenters. The molecule has 174 valence electrons. The van der Waals surface area contributed by atoms with Gasteiger partial charge in [0.2, 0.25) is 0 Å². The molecule has 33 heavy (non-hydrogen) atoms. The largest absolute Gasteiger partial charge is 0.480 e. The van der Waals surface area contributed by atoms with Gasteiger partial charge in [-0.1, -0.05) is 6.07 Å². The van der Waals surface area contributed by atoms with Crippen molar-refractivity contribution in [3.8, 4) is 0 Å². The summed E-state index contributed by atoms with van der Waals surface area (Å²) < 4.78 is 19.2. The molecule has 2 aliphatic rings. The smallest absolute Gasteiger partial charge is 0.338 e. The topological polar surface area (TPSA) is 104 Å². The van der Waals surface area contributed by atoms with Gasteiger partial charge in [-0.25, -0.2) is 14.2 Å². The molecule has 1 saturated heterocycles. The minimum atomic E-state index is -0.888. The highest BCUT2D eigenvalue weighted by Gasteiger charge is 2.37. The number of carboxylic acids is 1. The van der Waals surface area contributed by atoms with Crippen molar-refractivity contribution in [3.63, 3.8) is 0 Å². The van der Waals surface area contributed by atoms with E-state index in [0.717, 1.165) is 6.42 Å². The number of halogens is 1. The average molecular weight is 473 g/mol. The zero-order valence-electron chi connectivity index (χ0n) is 18.4. The van der Waals surface area contributed by atoms with E-state index in [4.69, 9.17) is 9.73 Å². The zero-order chi connectivity index (χ0) is 23.5. The van der Waals surface area contributed by atoms with Crippen molar-refractivity contribution in [1.82, 2.24) is 15.2 Å². The van der Waals surface area contributed by atoms with Crippen LogP contribution in [0, 0.1) is 12.7 Å². The number of aromatic nitrogens is 1. The van der Waals surface area contributed by atoms with Crippen molar-refractivity contribution in [2.24, 2.45) is 4.99 Å². The third kappa shape index (κ3) is 4.81. The summed E-state index contributed by atoms with van der Waals surface area (Å²) in [7, 11) is 0. The summed E-state index contributed by atoms with van der Waals surface area (Å²) >= 11 is 1.39. The van der Waals surface area contributed by atoms with Crippen LogP contribution in [0.15, 0.2) is 46.0 Å². The second kappa shape index (κ2) is 9.80. The van der Waals surface area contributed by atoms with Crippen LogP contribution < -0.4 is 5.32 Å². The van der Waals surface area contributed by atoms with Gasteiger partial charge in [0, 0.05) is 23.8 Å². The van der Waals surface area contributed by atoms with E-state index < -0.39 is 24.0 Å². The quantitative estimate of drug-likeness (QED) is 0.597. The monoisotopic (exact) mass is 472 g/mol. The van der Waals surface area contributed by atoms with Gasteiger partial charge in [-0.3, -0.25) is 14.7 Å². The summed E-state index contributed by atoms with van der Waals surface area (Å²) in [6.07, 6.45) is 2.96. The standard InChI is InChI=1S/C23H25FN4O4S/c1-3-32-23(31)18-16(12-28-9-4-5-17(28)22(29)30)26-20(21-25-8-10-33-21)27-19(18)15-7-6-14(24)11-13(15)2/h6-8,10-11,17,19H,3-5,9,12H2,1-2H3,(H,26,27)(H,29,30). The molecular formula is C23H25FN4O4S. The van der Waals surface area contributed by atoms with Crippen LogP contribution in [0.3, 0.4) is 0 Å². The maximum Gasteiger partial charge on any atom is 0.338 e. The lowest BCUT2D eigenvalue weighted by atomic mass is 9.92. The number of hydrogen-bond donors (Lipinski definition) is 2. The first-order valence-electron chi connectivity index (χ1n) is 10.8. The Morgan fingerprint density at radius 1 is 1.39 bits per heavy atom. The van der Waals surface area contributed by atoms with Gasteiger partial charge >= 0.3 is 11.9 Å². The normalized spacial score (nSPS) is 21.0. The number of hydrogen-bond acceptors (Lipinski definition) is 8. The first kappa shape index (κ1) is 23.1. The number of benzene rings is 1. The lowest BCUT2D eigenvalue weighted by molar-refractivity contribution is -0.142. The molecule has 10 heteroatoms. The van der Waals surface area contributed by atoms with Gasteiger partial charge in [0.05, 0.1) is 12.2 Å². The van der Waals surface area contributed by atoms with Crippen molar-refractivity contribution in [2.75, 3.05) is 19.7 Å². The van der Waals surface area contributed by atoms with Crippen molar-refractivity contribution < 1.29 is 23.8 Å². The Morgan fingerprint density at radius 3 is 2.88 bits per heavy atom. The van der Waals surface area contributed by atoms with Crippen LogP contribution in [0.25, 0.3) is 0 Å². The maximum atomic E-state index is 13.8. The van der Waals surface area contributed by atoms with Gasteiger partial charge in [-0.05, 0) is 56.5 Å². The molecule has 4 rings (SSSR count). The van der Waals surface area contributed by atoms with Crippen molar-refractivity contribution in [1.29, 1.82) is 0 Å². The van der Waals surface area contributed by atoms with E-state index in [1.807, 2.05) is 10.3 Å². The Labute approximate surface area is 194 Å². The number of carbonyl (C=O) groups excluding carboxylic acids is 1. The predicted octanol–water partition coefficient (Wildman–Crippen LogP) is 3.05. The number of carbonyl (C=O) groups is 2. The first-order valence-corrected chi connectivity index (χ1v) is 11.6. The molecule has 2 aliphatic heterocycles. The summed E-state index contributed by atoms with van der Waals surface area (Å²) in [6, 6.07) is 2.99. The van der Waals surface area contributed by atoms with Crippen molar-refractivity contribution in [2.45, 2.75) is 38.8 Å². The third-order valence-electron chi connectivity index (χ3n) is 5.79. The van der Waals surface area contributed by atoms with Crippen molar-refractivity contribution in [3.05, 3.63) is 63.0 Å². The zero-order valence-corrected chi connectivity index (χ0v) is 19.2. The van der Waals surface area contributed by atoms with E-state index in [2.05, 4.69) is 10.3 Å². The fourth-order valence-corrected chi connectivity index (χ4v) is 4.88. The van der Waals surface area contributed by atoms with Crippen LogP contribution >= 0.6 is 11.3 Å². The molecule has 2 unspecified atom stereocenters. The van der Waals surface area contributed by atoms with Gasteiger partial charge < -0.3 is 15.2 Å². The van der Waals surface area contributed by atoms with E-state index in [9.17, 15) is 19.1 Å². The Morgan fingerprint density at radius 2 is 2.21 bits per heavy atom. The lowest BCUT2D eigenvalue weighted by Gasteiger charge is -2.31. The predicted molar refractivity (Wildman–Crippen MR) is 122 cm³/mol. The second-order valence-electron chi connectivity index (χ2n) is 7.92. The van der Waals surface area contributed by atoms with Crippen LogP contribution in [-0.2, 0) is 14.3 Å². The van der Waals surface area contributed by atoms with E-state index in [-0.39, 0.29) is 19.0 Å². The molecule has 0 amide bonds. The Balaban J connectivity index is 1.83. The number of ether oxygens (including phenoxy) is 1. The molecule has 1 aromatic carbocycles. The minimum Gasteiger partial charge on any atom is -0.480 e. The van der Waals surface area contributed by atoms with Crippen LogP contribution in [-0.4, -0.2) is 58.5 Å². The number of nitrogens with zero attached hydrogens (tertiary/aromatic N) is 3. The van der Waals surface area contributed by atoms with E-state index >= 15 is 0 Å². The molecule has 1 fully saturated rings. The second-order valence-corrected chi connectivity index (χ2v) is 8.82. The van der Waals surface area contributed by atoms with E-state index in [1.54, 1.807) is 26.1 Å². The molecule has 8 nitrogen and oxygen atoms in total. The number of aryl methyl sites for hydroxylation is 1. The maximum absolute atomic E-state index is 13.8. The number of likely N-dealkylation sites (tertiary alicyclic amines) is 1. The van der Waals surface area contributed by atoms with Gasteiger partial charge in [0.15, 0.2) is 10.8 Å². The third-order valence-corrected chi connectivity index (χ3v) is 6.57. The fourth-order valence-electron chi connectivity index (χ4n) is 4.29. The summed E-state index contributed by atoms with van der Waals surface area (Å²) in [6.45, 7) is 4.48. The van der Waals surface area contributed by atoms with Crippen molar-refractivity contribution >= 4 is 29.1 Å². The Bertz CT molecular complexity index is 1120. The van der Waals surface area contributed by atoms with Crippen LogP contribution in [0.1, 0.15) is 41.9 Å². The molecule has 1 aromatic heterocycles. The number of rotatable bonds is 7. The molecule has 0 radical (unpaired) electrons. The van der Waals surface area contributed by atoms with Gasteiger partial charge in [-0.2, -0.15) is 0 Å². The van der Waals surface area contributed by atoms with Crippen LogP contribution in [0.4, 0.5) is 4.39 Å². The first-order chi connectivity index (χ1) is 15.9. The Kier molecular flexibility index (Phi) is 6.85. The van der Waals surface area contributed by atoms with E-state index in [0.29, 0.717) is 46.2 Å². The number of aliphatic carboxylic acids is 1. The molecule has 2 N–H and O–H groups in total. The van der Waals surface area contributed by atoms with E-state index in [1.165, 1.54) is 23.5 Å². The SMILES string of the molecule is CCOC(=O)C1=C(CN2CCCC2C(=O)O)NC(c2nccs2)=NC1c1ccc(F)cc1C. The van der Waals surface area contributed by atoms with Crippen LogP contribution in [0.5, 0.6) is 0 Å². The lowest BCUT2D eigenvalue weighted by Crippen LogP contribution is -2.43. The number of esters is 1. The van der Waals surface area contributed by atoms with Crippen LogP contribution in [0.2, 0.25) is 0 Å².